The number of thiophene rings is 1. The lowest BCUT2D eigenvalue weighted by atomic mass is 9.86. The fourth-order valence-electron chi connectivity index (χ4n) is 1.68. The third-order valence-corrected chi connectivity index (χ3v) is 3.29. The van der Waals surface area contributed by atoms with Gasteiger partial charge in [0.05, 0.1) is 10.6 Å². The molecular weight excluding hydrogens is 178 g/mol. The molecule has 0 amide bonds. The molecule has 1 aromatic heterocycles. The van der Waals surface area contributed by atoms with E-state index >= 15 is 0 Å². The van der Waals surface area contributed by atoms with Crippen molar-refractivity contribution in [3.05, 3.63) is 21.9 Å². The summed E-state index contributed by atoms with van der Waals surface area (Å²) in [5, 5.41) is 2.18. The normalized spacial score (nSPS) is 16.7. The van der Waals surface area contributed by atoms with Crippen LogP contribution in [0.2, 0.25) is 0 Å². The Morgan fingerprint density at radius 1 is 1.38 bits per heavy atom. The second-order valence-corrected chi connectivity index (χ2v) is 5.42. The Balaban J connectivity index is 2.47. The van der Waals surface area contributed by atoms with Crippen LogP contribution in [0.1, 0.15) is 31.2 Å². The summed E-state index contributed by atoms with van der Waals surface area (Å²) in [5.41, 5.74) is 2.98. The fraction of sp³-hybridized carbons (Fsp3) is 0.545. The van der Waals surface area contributed by atoms with Gasteiger partial charge >= 0.3 is 0 Å². The molecule has 0 N–H and O–H groups in total. The SMILES string of the molecule is CC(C)(C)C1=NCCc2ccsc21. The lowest BCUT2D eigenvalue weighted by Gasteiger charge is -2.24. The molecule has 0 bridgehead atoms. The minimum absolute atomic E-state index is 0.194. The third kappa shape index (κ3) is 1.55. The van der Waals surface area contributed by atoms with Gasteiger partial charge in [0, 0.05) is 12.0 Å². The molecule has 0 saturated carbocycles. The van der Waals surface area contributed by atoms with E-state index in [0.29, 0.717) is 0 Å². The van der Waals surface area contributed by atoms with E-state index < -0.39 is 0 Å². The minimum Gasteiger partial charge on any atom is -0.287 e. The van der Waals surface area contributed by atoms with Crippen molar-refractivity contribution < 1.29 is 0 Å². The molecule has 1 aliphatic rings. The number of hydrogen-bond acceptors (Lipinski definition) is 2. The molecule has 70 valence electrons. The topological polar surface area (TPSA) is 12.4 Å². The minimum atomic E-state index is 0.194. The van der Waals surface area contributed by atoms with Crippen molar-refractivity contribution in [2.24, 2.45) is 10.4 Å². The number of rotatable bonds is 0. The summed E-state index contributed by atoms with van der Waals surface area (Å²) in [6, 6.07) is 2.24. The highest BCUT2D eigenvalue weighted by atomic mass is 32.1. The molecule has 0 radical (unpaired) electrons. The quantitative estimate of drug-likeness (QED) is 0.600. The van der Waals surface area contributed by atoms with Gasteiger partial charge in [-0.2, -0.15) is 0 Å². The zero-order chi connectivity index (χ0) is 9.47. The zero-order valence-corrected chi connectivity index (χ0v) is 9.24. The largest absolute Gasteiger partial charge is 0.287 e. The maximum atomic E-state index is 4.64. The summed E-state index contributed by atoms with van der Waals surface area (Å²) in [6.45, 7) is 7.68. The number of nitrogens with zero attached hydrogens (tertiary/aromatic N) is 1. The summed E-state index contributed by atoms with van der Waals surface area (Å²) >= 11 is 1.83. The van der Waals surface area contributed by atoms with Crippen molar-refractivity contribution in [2.75, 3.05) is 6.54 Å². The first kappa shape index (κ1) is 8.95. The van der Waals surface area contributed by atoms with Crippen molar-refractivity contribution in [1.29, 1.82) is 0 Å². The van der Waals surface area contributed by atoms with Gasteiger partial charge in [0.25, 0.3) is 0 Å². The van der Waals surface area contributed by atoms with Crippen molar-refractivity contribution in [3.8, 4) is 0 Å². The number of hydrogen-bond donors (Lipinski definition) is 0. The molecule has 0 saturated heterocycles. The summed E-state index contributed by atoms with van der Waals surface area (Å²) in [5.74, 6) is 0. The average Bonchev–Trinajstić information content (AvgIpc) is 2.48. The molecule has 0 aromatic carbocycles. The Morgan fingerprint density at radius 2 is 2.15 bits per heavy atom. The second kappa shape index (κ2) is 2.95. The van der Waals surface area contributed by atoms with E-state index in [2.05, 4.69) is 37.2 Å². The summed E-state index contributed by atoms with van der Waals surface area (Å²) < 4.78 is 0. The summed E-state index contributed by atoms with van der Waals surface area (Å²) in [6.07, 6.45) is 1.12. The highest BCUT2D eigenvalue weighted by Gasteiger charge is 2.25. The molecule has 0 aliphatic carbocycles. The van der Waals surface area contributed by atoms with Crippen molar-refractivity contribution >= 4 is 17.0 Å². The lowest BCUT2D eigenvalue weighted by Crippen LogP contribution is -2.24. The van der Waals surface area contributed by atoms with Crippen LogP contribution in [-0.2, 0) is 6.42 Å². The fourth-order valence-corrected chi connectivity index (χ4v) is 2.85. The molecule has 13 heavy (non-hydrogen) atoms. The predicted octanol–water partition coefficient (Wildman–Crippen LogP) is 3.14. The molecule has 1 aromatic rings. The lowest BCUT2D eigenvalue weighted by molar-refractivity contribution is 0.586. The van der Waals surface area contributed by atoms with Gasteiger partial charge in [-0.3, -0.25) is 4.99 Å². The summed E-state index contributed by atoms with van der Waals surface area (Å²) in [7, 11) is 0. The molecular formula is C11H15NS. The highest BCUT2D eigenvalue weighted by molar-refractivity contribution is 7.12. The van der Waals surface area contributed by atoms with E-state index in [4.69, 9.17) is 0 Å². The number of aliphatic imine (C=N–C) groups is 1. The third-order valence-electron chi connectivity index (χ3n) is 2.32. The Kier molecular flexibility index (Phi) is 2.03. The predicted molar refractivity (Wildman–Crippen MR) is 58.9 cm³/mol. The zero-order valence-electron chi connectivity index (χ0n) is 8.42. The average molecular weight is 193 g/mol. The smallest absolute Gasteiger partial charge is 0.0576 e. The maximum Gasteiger partial charge on any atom is 0.0576 e. The van der Waals surface area contributed by atoms with Crippen molar-refractivity contribution in [3.63, 3.8) is 0 Å². The first-order chi connectivity index (χ1) is 6.09. The molecule has 1 aliphatic heterocycles. The van der Waals surface area contributed by atoms with Gasteiger partial charge in [-0.15, -0.1) is 11.3 Å². The molecule has 0 atom stereocenters. The van der Waals surface area contributed by atoms with Crippen LogP contribution in [0.5, 0.6) is 0 Å². The Bertz CT molecular complexity index is 341. The van der Waals surface area contributed by atoms with E-state index in [-0.39, 0.29) is 5.41 Å². The van der Waals surface area contributed by atoms with Crippen LogP contribution >= 0.6 is 11.3 Å². The first-order valence-corrected chi connectivity index (χ1v) is 5.58. The van der Waals surface area contributed by atoms with Gasteiger partial charge in [-0.25, -0.2) is 0 Å². The van der Waals surface area contributed by atoms with Crippen LogP contribution < -0.4 is 0 Å². The Labute approximate surface area is 83.5 Å². The molecule has 2 heterocycles. The molecule has 0 fully saturated rings. The van der Waals surface area contributed by atoms with Crippen LogP contribution in [0.3, 0.4) is 0 Å². The van der Waals surface area contributed by atoms with Crippen LogP contribution in [-0.4, -0.2) is 12.3 Å². The highest BCUT2D eigenvalue weighted by Crippen LogP contribution is 2.30. The molecule has 0 spiro atoms. The molecule has 1 nitrogen and oxygen atoms in total. The van der Waals surface area contributed by atoms with Crippen molar-refractivity contribution in [2.45, 2.75) is 27.2 Å². The van der Waals surface area contributed by atoms with E-state index in [0.717, 1.165) is 13.0 Å². The molecule has 0 unspecified atom stereocenters. The standard InChI is InChI=1S/C11H15NS/c1-11(2,3)10-9-8(4-6-12-10)5-7-13-9/h5,7H,4,6H2,1-3H3. The van der Waals surface area contributed by atoms with Gasteiger partial charge < -0.3 is 0 Å². The second-order valence-electron chi connectivity index (χ2n) is 4.51. The summed E-state index contributed by atoms with van der Waals surface area (Å²) in [4.78, 5) is 6.06. The van der Waals surface area contributed by atoms with Gasteiger partial charge in [0.1, 0.15) is 0 Å². The Morgan fingerprint density at radius 3 is 2.85 bits per heavy atom. The van der Waals surface area contributed by atoms with Crippen molar-refractivity contribution in [1.82, 2.24) is 0 Å². The Hall–Kier alpha value is -0.630. The van der Waals surface area contributed by atoms with E-state index in [1.165, 1.54) is 16.2 Å². The van der Waals surface area contributed by atoms with Gasteiger partial charge in [0.2, 0.25) is 0 Å². The van der Waals surface area contributed by atoms with E-state index in [1.54, 1.807) is 0 Å². The monoisotopic (exact) mass is 193 g/mol. The molecule has 2 rings (SSSR count). The van der Waals surface area contributed by atoms with Crippen LogP contribution in [0, 0.1) is 5.41 Å². The van der Waals surface area contributed by atoms with Gasteiger partial charge in [-0.1, -0.05) is 20.8 Å². The van der Waals surface area contributed by atoms with E-state index in [9.17, 15) is 0 Å². The van der Waals surface area contributed by atoms with Crippen LogP contribution in [0.25, 0.3) is 0 Å². The first-order valence-electron chi connectivity index (χ1n) is 4.71. The van der Waals surface area contributed by atoms with Crippen LogP contribution in [0.4, 0.5) is 0 Å². The number of fused-ring (bicyclic) bond motifs is 1. The van der Waals surface area contributed by atoms with E-state index in [1.807, 2.05) is 11.3 Å². The molecule has 2 heteroatoms. The van der Waals surface area contributed by atoms with Gasteiger partial charge in [0.15, 0.2) is 0 Å². The van der Waals surface area contributed by atoms with Gasteiger partial charge in [-0.05, 0) is 23.4 Å². The van der Waals surface area contributed by atoms with Crippen LogP contribution in [0.15, 0.2) is 16.4 Å². The maximum absolute atomic E-state index is 4.64.